The molecule has 0 atom stereocenters. The molecule has 56 heavy (non-hydrogen) atoms. The number of hydrogen-bond acceptors (Lipinski definition) is 5. The summed E-state index contributed by atoms with van der Waals surface area (Å²) < 4.78 is 78.2. The molecule has 5 aromatic rings. The average molecular weight is 821 g/mol. The number of nitrogens with zero attached hydrogens (tertiary/aromatic N) is 1. The summed E-state index contributed by atoms with van der Waals surface area (Å²) in [7, 11) is 0. The first kappa shape index (κ1) is 43.2. The minimum atomic E-state index is -5.08. The zero-order valence-corrected chi connectivity index (χ0v) is 30.6. The number of carboxylic acid groups (broad SMARTS) is 1. The van der Waals surface area contributed by atoms with Gasteiger partial charge in [-0.1, -0.05) is 89.9 Å². The zero-order chi connectivity index (χ0) is 41.0. The summed E-state index contributed by atoms with van der Waals surface area (Å²) in [5.74, 6) is -2.77. The van der Waals surface area contributed by atoms with Crippen molar-refractivity contribution < 1.29 is 50.6 Å². The van der Waals surface area contributed by atoms with Crippen LogP contribution >= 0.6 is 23.2 Å². The normalized spacial score (nSPS) is 11.2. The highest BCUT2D eigenvalue weighted by Gasteiger charge is 2.38. The van der Waals surface area contributed by atoms with Gasteiger partial charge >= 0.3 is 18.3 Å². The van der Waals surface area contributed by atoms with Crippen LogP contribution in [0.4, 0.5) is 32.0 Å². The number of benzene rings is 5. The number of halogens is 8. The fourth-order valence-electron chi connectivity index (χ4n) is 5.22. The topological polar surface area (TPSA) is 122 Å². The Kier molecular flexibility index (Phi) is 14.9. The van der Waals surface area contributed by atoms with Gasteiger partial charge in [-0.2, -0.15) is 26.3 Å². The van der Waals surface area contributed by atoms with Crippen molar-refractivity contribution in [3.8, 4) is 22.6 Å². The Morgan fingerprint density at radius 3 is 2.09 bits per heavy atom. The van der Waals surface area contributed by atoms with Crippen LogP contribution in [0.5, 0.6) is 11.5 Å². The summed E-state index contributed by atoms with van der Waals surface area (Å²) in [5.41, 5.74) is 8.63. The highest BCUT2D eigenvalue weighted by atomic mass is 35.5. The van der Waals surface area contributed by atoms with Crippen LogP contribution in [0.2, 0.25) is 10.0 Å². The number of carbonyl (C=O) groups excluding carboxylic acids is 2. The molecule has 0 aliphatic carbocycles. The third-order valence-electron chi connectivity index (χ3n) is 7.96. The van der Waals surface area contributed by atoms with E-state index in [4.69, 9.17) is 43.6 Å². The minimum Gasteiger partial charge on any atom is -0.475 e. The fourth-order valence-corrected chi connectivity index (χ4v) is 5.62. The molecule has 2 amide bonds. The Bertz CT molecular complexity index is 2150. The maximum Gasteiger partial charge on any atom is 0.490 e. The van der Waals surface area contributed by atoms with Gasteiger partial charge < -0.3 is 25.8 Å². The van der Waals surface area contributed by atoms with Crippen molar-refractivity contribution in [1.82, 2.24) is 5.32 Å². The van der Waals surface area contributed by atoms with E-state index in [1.165, 1.54) is 23.1 Å². The third-order valence-corrected chi connectivity index (χ3v) is 8.52. The monoisotopic (exact) mass is 819 g/mol. The van der Waals surface area contributed by atoms with Crippen LogP contribution in [0.25, 0.3) is 11.1 Å². The van der Waals surface area contributed by atoms with Crippen LogP contribution in [-0.2, 0) is 40.2 Å². The van der Waals surface area contributed by atoms with Gasteiger partial charge in [0.1, 0.15) is 5.75 Å². The molecule has 0 bridgehead atoms. The lowest BCUT2D eigenvalue weighted by Crippen LogP contribution is -2.32. The van der Waals surface area contributed by atoms with E-state index in [1.54, 1.807) is 48.5 Å². The molecular weight excluding hydrogens is 787 g/mol. The fraction of sp³-hybridized carbons (Fsp3) is 0.175. The van der Waals surface area contributed by atoms with E-state index in [1.807, 2.05) is 42.5 Å². The molecule has 0 aliphatic heterocycles. The van der Waals surface area contributed by atoms with Crippen LogP contribution in [0.3, 0.4) is 0 Å². The highest BCUT2D eigenvalue weighted by Crippen LogP contribution is 2.36. The largest absolute Gasteiger partial charge is 0.490 e. The molecule has 0 aromatic heterocycles. The number of carbonyl (C=O) groups is 3. The number of hydrogen-bond donors (Lipinski definition) is 3. The summed E-state index contributed by atoms with van der Waals surface area (Å²) in [4.78, 5) is 37.1. The second kappa shape index (κ2) is 19.3. The predicted octanol–water partition coefficient (Wildman–Crippen LogP) is 10.2. The molecule has 0 saturated carbocycles. The van der Waals surface area contributed by atoms with Gasteiger partial charge in [0.25, 0.3) is 0 Å². The van der Waals surface area contributed by atoms with Crippen molar-refractivity contribution in [1.29, 1.82) is 0 Å². The molecule has 5 aromatic carbocycles. The number of anilines is 1. The van der Waals surface area contributed by atoms with Crippen LogP contribution in [0.15, 0.2) is 115 Å². The number of aliphatic carboxylic acids is 1. The predicted molar refractivity (Wildman–Crippen MR) is 200 cm³/mol. The van der Waals surface area contributed by atoms with E-state index in [2.05, 4.69) is 5.32 Å². The molecule has 0 spiro atoms. The van der Waals surface area contributed by atoms with Crippen molar-refractivity contribution in [3.63, 3.8) is 0 Å². The number of nitrogens with one attached hydrogen (secondary N) is 1. The van der Waals surface area contributed by atoms with Crippen molar-refractivity contribution in [2.45, 2.75) is 44.8 Å². The van der Waals surface area contributed by atoms with Crippen molar-refractivity contribution >= 4 is 46.7 Å². The molecule has 0 heterocycles. The van der Waals surface area contributed by atoms with Gasteiger partial charge in [0.15, 0.2) is 5.75 Å². The standard InChI is InChI=1S/C38H32Cl2F3N3O3.C2HF3O2/c39-29-16-17-33(40)31(21-29)27-14-12-25(13-15-27)24-46(34-10-3-4-11-35(34)49-30-8-5-6-26(20-30)22-44)37(48)19-18-36(47)45-23-28-7-1-2-9-32(28)38(41,42)43;3-2(4,5)1(6)7/h1-17,20-21H,18-19,22-24,44H2,(H,45,47);(H,6,7). The van der Waals surface area contributed by atoms with E-state index >= 15 is 0 Å². The second-order valence-electron chi connectivity index (χ2n) is 12.0. The summed E-state index contributed by atoms with van der Waals surface area (Å²) in [5, 5.41) is 10.7. The average Bonchev–Trinajstić information content (AvgIpc) is 3.16. The molecule has 0 aliphatic rings. The van der Waals surface area contributed by atoms with E-state index in [-0.39, 0.29) is 37.4 Å². The molecule has 8 nitrogen and oxygen atoms in total. The van der Waals surface area contributed by atoms with Crippen molar-refractivity contribution in [2.75, 3.05) is 4.90 Å². The van der Waals surface area contributed by atoms with Crippen molar-refractivity contribution in [2.24, 2.45) is 5.73 Å². The van der Waals surface area contributed by atoms with Gasteiger partial charge in [-0.25, -0.2) is 4.79 Å². The number of para-hydroxylation sites is 2. The summed E-state index contributed by atoms with van der Waals surface area (Å²) >= 11 is 12.6. The van der Waals surface area contributed by atoms with E-state index in [0.29, 0.717) is 33.8 Å². The second-order valence-corrected chi connectivity index (χ2v) is 12.8. The van der Waals surface area contributed by atoms with Gasteiger partial charge in [0, 0.05) is 41.5 Å². The maximum atomic E-state index is 13.9. The van der Waals surface area contributed by atoms with Gasteiger partial charge in [-0.05, 0) is 70.8 Å². The lowest BCUT2D eigenvalue weighted by Gasteiger charge is -2.25. The number of ether oxygens (including phenoxy) is 1. The van der Waals surface area contributed by atoms with Crippen LogP contribution in [-0.4, -0.2) is 29.1 Å². The van der Waals surface area contributed by atoms with Gasteiger partial charge in [-0.3, -0.25) is 9.59 Å². The first-order valence-corrected chi connectivity index (χ1v) is 17.3. The minimum absolute atomic E-state index is 0.0661. The number of amides is 2. The molecule has 0 radical (unpaired) electrons. The van der Waals surface area contributed by atoms with Crippen LogP contribution in [0.1, 0.15) is 35.1 Å². The smallest absolute Gasteiger partial charge is 0.475 e. The first-order chi connectivity index (χ1) is 26.5. The number of nitrogens with two attached hydrogens (primary N) is 1. The Hall–Kier alpha value is -5.57. The van der Waals surface area contributed by atoms with Gasteiger partial charge in [0.05, 0.1) is 17.8 Å². The van der Waals surface area contributed by atoms with E-state index < -0.39 is 29.8 Å². The highest BCUT2D eigenvalue weighted by molar-refractivity contribution is 6.35. The lowest BCUT2D eigenvalue weighted by atomic mass is 10.0. The third kappa shape index (κ3) is 12.5. The number of alkyl halides is 6. The Labute approximate surface area is 327 Å². The Balaban J connectivity index is 0.000000908. The molecule has 0 unspecified atom stereocenters. The SMILES string of the molecule is NCc1cccc(Oc2ccccc2N(Cc2ccc(-c3cc(Cl)ccc3Cl)cc2)C(=O)CCC(=O)NCc2ccccc2C(F)(F)F)c1.O=C(O)C(F)(F)F. The molecule has 16 heteroatoms. The molecule has 5 rings (SSSR count). The molecule has 4 N–H and O–H groups in total. The van der Waals surface area contributed by atoms with E-state index in [0.717, 1.165) is 28.3 Å². The van der Waals surface area contributed by atoms with Crippen LogP contribution < -0.4 is 20.7 Å². The number of rotatable bonds is 12. The molecule has 0 saturated heterocycles. The lowest BCUT2D eigenvalue weighted by molar-refractivity contribution is -0.192. The molecule has 294 valence electrons. The quantitative estimate of drug-likeness (QED) is 0.108. The summed E-state index contributed by atoms with van der Waals surface area (Å²) in [6, 6.07) is 32.0. The maximum absolute atomic E-state index is 13.9. The Morgan fingerprint density at radius 2 is 1.43 bits per heavy atom. The molecule has 0 fully saturated rings. The van der Waals surface area contributed by atoms with Gasteiger partial charge in [-0.15, -0.1) is 0 Å². The van der Waals surface area contributed by atoms with E-state index in [9.17, 15) is 35.9 Å². The first-order valence-electron chi connectivity index (χ1n) is 16.6. The molecular formula is C40H33Cl2F6N3O5. The number of carboxylic acids is 1. The summed E-state index contributed by atoms with van der Waals surface area (Å²) in [6.45, 7) is 0.129. The summed E-state index contributed by atoms with van der Waals surface area (Å²) in [6.07, 6.45) is -10.1. The Morgan fingerprint density at radius 1 is 0.768 bits per heavy atom. The zero-order valence-electron chi connectivity index (χ0n) is 29.1. The van der Waals surface area contributed by atoms with Crippen LogP contribution in [0, 0.1) is 0 Å². The van der Waals surface area contributed by atoms with Gasteiger partial charge in [0.2, 0.25) is 11.8 Å². The van der Waals surface area contributed by atoms with Crippen molar-refractivity contribution in [3.05, 3.63) is 148 Å².